The summed E-state index contributed by atoms with van der Waals surface area (Å²) in [6, 6.07) is 0.959. The lowest BCUT2D eigenvalue weighted by Gasteiger charge is -2.38. The molecule has 0 radical (unpaired) electrons. The number of nitrogens with zero attached hydrogens (tertiary/aromatic N) is 1. The molecule has 0 spiro atoms. The Morgan fingerprint density at radius 3 is 2.27 bits per heavy atom. The first-order valence-corrected chi connectivity index (χ1v) is 16.8. The molecule has 282 valence electrons. The third-order valence-corrected chi connectivity index (χ3v) is 10.0. The number of nitro benzene ring substituents is 1. The highest BCUT2D eigenvalue weighted by molar-refractivity contribution is 6.20. The summed E-state index contributed by atoms with van der Waals surface area (Å²) in [7, 11) is 1.41. The normalized spacial score (nSPS) is 32.3. The fraction of sp³-hybridized carbons (Fsp3) is 0.486. The molecule has 2 aromatic carbocycles. The second-order valence-electron chi connectivity index (χ2n) is 13.7. The number of amides is 1. The number of phenols is 2. The Hall–Kier alpha value is -4.99. The van der Waals surface area contributed by atoms with Gasteiger partial charge >= 0.3 is 11.8 Å². The summed E-state index contributed by atoms with van der Waals surface area (Å²) in [5.74, 6) is -8.34. The Morgan fingerprint density at radius 1 is 1.02 bits per heavy atom. The minimum absolute atomic E-state index is 0.0195. The van der Waals surface area contributed by atoms with Crippen LogP contribution < -0.4 is 10.1 Å². The second-order valence-corrected chi connectivity index (χ2v) is 13.7. The van der Waals surface area contributed by atoms with Gasteiger partial charge in [0.05, 0.1) is 40.4 Å². The van der Waals surface area contributed by atoms with Gasteiger partial charge in [0.25, 0.3) is 17.4 Å². The second kappa shape index (κ2) is 15.3. The zero-order chi connectivity index (χ0) is 39.0. The number of Topliss-reactive ketones (excluding diaryl/α,β-unsaturated/α-hetero) is 1. The van der Waals surface area contributed by atoms with Gasteiger partial charge in [-0.2, -0.15) is 0 Å². The topological polar surface area (TPSA) is 224 Å². The molecule has 5 bridgehead atoms. The van der Waals surface area contributed by atoms with Crippen molar-refractivity contribution in [2.75, 3.05) is 12.4 Å². The third-order valence-electron chi connectivity index (χ3n) is 10.0. The van der Waals surface area contributed by atoms with E-state index in [1.54, 1.807) is 33.8 Å². The number of fused-ring (bicyclic) bond motifs is 14. The van der Waals surface area contributed by atoms with Crippen LogP contribution in [0.5, 0.6) is 17.2 Å². The van der Waals surface area contributed by atoms with Crippen molar-refractivity contribution in [3.05, 3.63) is 63.4 Å². The van der Waals surface area contributed by atoms with Gasteiger partial charge in [0, 0.05) is 67.2 Å². The predicted molar refractivity (Wildman–Crippen MR) is 189 cm³/mol. The first-order chi connectivity index (χ1) is 24.3. The molecule has 0 saturated carbocycles. The fourth-order valence-corrected chi connectivity index (χ4v) is 6.78. The van der Waals surface area contributed by atoms with E-state index in [4.69, 9.17) is 18.9 Å². The van der Waals surface area contributed by atoms with E-state index < -0.39 is 99.3 Å². The summed E-state index contributed by atoms with van der Waals surface area (Å²) in [5, 5.41) is 59.2. The Balaban J connectivity index is 1.92. The highest BCUT2D eigenvalue weighted by atomic mass is 16.7. The van der Waals surface area contributed by atoms with Crippen LogP contribution in [0.25, 0.3) is 10.8 Å². The smallest absolute Gasteiger partial charge is 0.312 e. The molecular weight excluding hydrogens is 680 g/mol. The Morgan fingerprint density at radius 2 is 1.67 bits per heavy atom. The van der Waals surface area contributed by atoms with E-state index in [2.05, 4.69) is 5.32 Å². The van der Waals surface area contributed by atoms with E-state index in [-0.39, 0.29) is 33.2 Å². The molecule has 15 heteroatoms. The number of ketones is 1. The van der Waals surface area contributed by atoms with Crippen LogP contribution >= 0.6 is 0 Å². The van der Waals surface area contributed by atoms with Gasteiger partial charge in [0.2, 0.25) is 0 Å². The summed E-state index contributed by atoms with van der Waals surface area (Å²) in [4.78, 5) is 50.8. The lowest BCUT2D eigenvalue weighted by molar-refractivity contribution is -0.383. The van der Waals surface area contributed by atoms with Gasteiger partial charge in [-0.15, -0.1) is 0 Å². The molecule has 0 aliphatic carbocycles. The van der Waals surface area contributed by atoms with E-state index in [1.807, 2.05) is 0 Å². The van der Waals surface area contributed by atoms with Crippen molar-refractivity contribution in [3.8, 4) is 17.2 Å². The van der Waals surface area contributed by atoms with Gasteiger partial charge in [-0.3, -0.25) is 24.5 Å². The molecule has 0 fully saturated rings. The summed E-state index contributed by atoms with van der Waals surface area (Å²) < 4.78 is 23.1. The van der Waals surface area contributed by atoms with Crippen LogP contribution in [-0.2, 0) is 23.8 Å². The largest absolute Gasteiger partial charge is 0.507 e. The van der Waals surface area contributed by atoms with Crippen molar-refractivity contribution in [1.29, 1.82) is 0 Å². The maximum atomic E-state index is 14.0. The highest BCUT2D eigenvalue weighted by Crippen LogP contribution is 2.53. The number of phenolic OH excluding ortho intramolecular Hbond substituents is 2. The van der Waals surface area contributed by atoms with Crippen molar-refractivity contribution in [1.82, 2.24) is 0 Å². The van der Waals surface area contributed by atoms with Crippen LogP contribution in [0.1, 0.15) is 64.4 Å². The van der Waals surface area contributed by atoms with Gasteiger partial charge in [0.1, 0.15) is 17.6 Å². The highest BCUT2D eigenvalue weighted by Gasteiger charge is 2.49. The summed E-state index contributed by atoms with van der Waals surface area (Å²) >= 11 is 0. The summed E-state index contributed by atoms with van der Waals surface area (Å²) in [6.45, 7) is 12.2. The number of methoxy groups -OCH3 is 1. The zero-order valence-corrected chi connectivity index (χ0v) is 30.5. The molecule has 2 aromatic rings. The molecule has 3 aliphatic rings. The van der Waals surface area contributed by atoms with Crippen LogP contribution in [-0.4, -0.2) is 80.3 Å². The van der Waals surface area contributed by atoms with E-state index in [1.165, 1.54) is 53.0 Å². The molecule has 15 nitrogen and oxygen atoms in total. The zero-order valence-electron chi connectivity index (χ0n) is 30.5. The maximum Gasteiger partial charge on any atom is 0.312 e. The minimum Gasteiger partial charge on any atom is -0.507 e. The van der Waals surface area contributed by atoms with Crippen molar-refractivity contribution in [2.24, 2.45) is 23.7 Å². The SMILES string of the molecule is COC1/C=C\OC2(C)Oc3c(C)c(O)c4c(O)c(c([N+](=O)[O-])cc4c3C2=O)NC(=O)/C(C)=C/C=C/C(C)C(O)C(C)C(O)C(C)C(OC(C)=O)C1C. The molecule has 5 N–H and O–H groups in total. The average molecular weight is 727 g/mol. The van der Waals surface area contributed by atoms with E-state index in [0.29, 0.717) is 0 Å². The third kappa shape index (κ3) is 7.34. The lowest BCUT2D eigenvalue weighted by Crippen LogP contribution is -2.46. The Labute approximate surface area is 300 Å². The number of nitrogens with one attached hydrogen (secondary N) is 1. The fourth-order valence-electron chi connectivity index (χ4n) is 6.78. The van der Waals surface area contributed by atoms with Crippen LogP contribution in [0.3, 0.4) is 0 Å². The first-order valence-electron chi connectivity index (χ1n) is 16.8. The standard InChI is InChI=1S/C37H46N2O13/c1-16-11-10-12-17(2)36(46)38-28-24(39(47)48)15-23-26(32(28)44)31(43)21(6)34-27(23)35(45)37(8,52-34)50-14-13-25(49-9)18(3)33(51-22(7)40)20(5)30(42)19(4)29(16)41/h10-16,18-20,25,29-30,33,41-44H,1-9H3,(H,38,46)/b11-10+,14-13-,17-12+. The first kappa shape index (κ1) is 39.8. The van der Waals surface area contributed by atoms with E-state index in [0.717, 1.165) is 12.3 Å². The molecule has 9 atom stereocenters. The van der Waals surface area contributed by atoms with Gasteiger partial charge in [0.15, 0.2) is 11.4 Å². The van der Waals surface area contributed by atoms with Crippen molar-refractivity contribution >= 4 is 39.8 Å². The molecule has 0 saturated heterocycles. The number of hydrogen-bond donors (Lipinski definition) is 5. The number of nitro groups is 1. The van der Waals surface area contributed by atoms with E-state index in [9.17, 15) is 44.9 Å². The number of rotatable bonds is 3. The molecule has 9 unspecified atom stereocenters. The number of esters is 1. The van der Waals surface area contributed by atoms with Gasteiger partial charge in [-0.25, -0.2) is 0 Å². The number of aliphatic hydroxyl groups is 2. The monoisotopic (exact) mass is 726 g/mol. The number of benzene rings is 2. The molecule has 3 heterocycles. The van der Waals surface area contributed by atoms with Gasteiger partial charge in [-0.1, -0.05) is 45.9 Å². The van der Waals surface area contributed by atoms with Gasteiger partial charge < -0.3 is 44.7 Å². The molecular formula is C37H46N2O13. The molecule has 52 heavy (non-hydrogen) atoms. The average Bonchev–Trinajstić information content (AvgIpc) is 3.36. The Bertz CT molecular complexity index is 1870. The Kier molecular flexibility index (Phi) is 11.7. The van der Waals surface area contributed by atoms with Crippen LogP contribution in [0.4, 0.5) is 11.4 Å². The van der Waals surface area contributed by atoms with Crippen LogP contribution in [0.2, 0.25) is 0 Å². The predicted octanol–water partition coefficient (Wildman–Crippen LogP) is 4.96. The van der Waals surface area contributed by atoms with Gasteiger partial charge in [-0.05, 0) is 19.9 Å². The summed E-state index contributed by atoms with van der Waals surface area (Å²) in [6.07, 6.45) is 3.17. The minimum atomic E-state index is -2.05. The number of allylic oxidation sites excluding steroid dienone is 2. The molecule has 5 rings (SSSR count). The lowest BCUT2D eigenvalue weighted by atomic mass is 9.78. The number of carbonyl (C=O) groups is 3. The number of aliphatic hydroxyl groups excluding tert-OH is 2. The van der Waals surface area contributed by atoms with Crippen LogP contribution in [0, 0.1) is 40.7 Å². The number of aromatic hydroxyl groups is 2. The van der Waals surface area contributed by atoms with Crippen molar-refractivity contribution in [2.45, 2.75) is 85.6 Å². The number of anilines is 1. The van der Waals surface area contributed by atoms with Crippen molar-refractivity contribution < 1.29 is 58.7 Å². The molecule has 3 aliphatic heterocycles. The summed E-state index contributed by atoms with van der Waals surface area (Å²) in [5.41, 5.74) is -1.49. The number of carbonyl (C=O) groups excluding carboxylic acids is 3. The van der Waals surface area contributed by atoms with E-state index >= 15 is 0 Å². The van der Waals surface area contributed by atoms with Crippen LogP contribution in [0.15, 0.2) is 42.2 Å². The number of hydrogen-bond acceptors (Lipinski definition) is 13. The number of ether oxygens (including phenoxy) is 4. The van der Waals surface area contributed by atoms with Crippen molar-refractivity contribution in [3.63, 3.8) is 0 Å². The molecule has 0 aromatic heterocycles. The quantitative estimate of drug-likeness (QED) is 0.122. The molecule has 1 amide bonds. The maximum absolute atomic E-state index is 14.0.